The van der Waals surface area contributed by atoms with Gasteiger partial charge in [0.1, 0.15) is 0 Å². The highest BCUT2D eigenvalue weighted by Crippen LogP contribution is 2.30. The van der Waals surface area contributed by atoms with Crippen molar-refractivity contribution in [3.63, 3.8) is 0 Å². The quantitative estimate of drug-likeness (QED) is 0.110. The van der Waals surface area contributed by atoms with E-state index in [2.05, 4.69) is 173 Å². The van der Waals surface area contributed by atoms with Gasteiger partial charge in [-0.1, -0.05) is 180 Å². The molecule has 0 amide bonds. The topological polar surface area (TPSA) is 9.23 Å². The van der Waals surface area contributed by atoms with Crippen LogP contribution in [0.1, 0.15) is 163 Å². The highest BCUT2D eigenvalue weighted by Gasteiger charge is 2.20. The first-order valence-electron chi connectivity index (χ1n) is 18.5. The average Bonchev–Trinajstić information content (AvgIpc) is 2.86. The molecule has 44 heavy (non-hydrogen) atoms. The van der Waals surface area contributed by atoms with Crippen LogP contribution in [-0.4, -0.2) is 13.2 Å². The van der Waals surface area contributed by atoms with Gasteiger partial charge in [0.25, 0.3) is 0 Å². The first-order valence-corrected chi connectivity index (χ1v) is 18.5. The predicted molar refractivity (Wildman–Crippen MR) is 208 cm³/mol. The van der Waals surface area contributed by atoms with Crippen molar-refractivity contribution in [1.29, 1.82) is 0 Å². The first-order chi connectivity index (χ1) is 20.2. The lowest BCUT2D eigenvalue weighted by Crippen LogP contribution is -2.17. The van der Waals surface area contributed by atoms with Gasteiger partial charge in [-0.2, -0.15) is 0 Å². The van der Waals surface area contributed by atoms with E-state index in [-0.39, 0.29) is 0 Å². The van der Waals surface area contributed by atoms with Crippen LogP contribution in [0.3, 0.4) is 0 Å². The molecule has 0 radical (unpaired) electrons. The molecule has 0 spiro atoms. The predicted octanol–water partition coefficient (Wildman–Crippen LogP) is 14.8. The maximum absolute atomic E-state index is 5.36. The molecule has 0 fully saturated rings. The van der Waals surface area contributed by atoms with Crippen LogP contribution >= 0.6 is 0 Å². The Balaban J connectivity index is -0.000000243. The van der Waals surface area contributed by atoms with Crippen LogP contribution in [0.25, 0.3) is 0 Å². The van der Waals surface area contributed by atoms with Crippen molar-refractivity contribution in [2.45, 2.75) is 163 Å². The highest BCUT2D eigenvalue weighted by molar-refractivity contribution is 4.90. The Morgan fingerprint density at radius 1 is 0.477 bits per heavy atom. The summed E-state index contributed by atoms with van der Waals surface area (Å²) >= 11 is 0. The van der Waals surface area contributed by atoms with Crippen molar-refractivity contribution in [1.82, 2.24) is 0 Å². The zero-order valence-electron chi connectivity index (χ0n) is 33.8. The summed E-state index contributed by atoms with van der Waals surface area (Å²) in [5, 5.41) is 0. The minimum absolute atomic E-state index is 0.450. The molecule has 0 bridgehead atoms. The van der Waals surface area contributed by atoms with E-state index in [1.165, 1.54) is 38.5 Å². The summed E-state index contributed by atoms with van der Waals surface area (Å²) < 4.78 is 5.36. The molecular formula is C43H86O. The van der Waals surface area contributed by atoms with Crippen molar-refractivity contribution >= 4 is 0 Å². The Hall–Kier alpha value is -1.08. The Morgan fingerprint density at radius 3 is 1.27 bits per heavy atom. The van der Waals surface area contributed by atoms with Crippen LogP contribution in [0, 0.1) is 52.8 Å². The molecule has 1 nitrogen and oxygen atoms in total. The Kier molecular flexibility index (Phi) is 37.7. The molecule has 0 heterocycles. The van der Waals surface area contributed by atoms with Crippen molar-refractivity contribution in [2.75, 3.05) is 13.2 Å². The average molecular weight is 619 g/mol. The molecule has 0 aromatic heterocycles. The van der Waals surface area contributed by atoms with Gasteiger partial charge >= 0.3 is 0 Å². The third kappa shape index (κ3) is 53.5. The number of ether oxygens (including phenoxy) is 1. The molecule has 0 rings (SSSR count). The molecule has 264 valence electrons. The van der Waals surface area contributed by atoms with Gasteiger partial charge in [-0.3, -0.25) is 0 Å². The van der Waals surface area contributed by atoms with E-state index in [9.17, 15) is 0 Å². The van der Waals surface area contributed by atoms with Crippen molar-refractivity contribution in [3.8, 4) is 0 Å². The van der Waals surface area contributed by atoms with Gasteiger partial charge in [0.2, 0.25) is 0 Å². The lowest BCUT2D eigenvalue weighted by atomic mass is 9.78. The largest absolute Gasteiger partial charge is 0.377 e. The van der Waals surface area contributed by atoms with Gasteiger partial charge in [-0.15, -0.1) is 0 Å². The van der Waals surface area contributed by atoms with Gasteiger partial charge in [0.05, 0.1) is 6.61 Å². The van der Waals surface area contributed by atoms with Crippen LogP contribution in [0.5, 0.6) is 0 Å². The van der Waals surface area contributed by atoms with Crippen LogP contribution in [0.15, 0.2) is 48.6 Å². The number of hydrogen-bond donors (Lipinski definition) is 0. The molecule has 0 N–H and O–H groups in total. The van der Waals surface area contributed by atoms with E-state index in [4.69, 9.17) is 4.74 Å². The second kappa shape index (κ2) is 33.3. The summed E-state index contributed by atoms with van der Waals surface area (Å²) in [4.78, 5) is 0. The summed E-state index contributed by atoms with van der Waals surface area (Å²) in [6.07, 6.45) is 25.8. The van der Waals surface area contributed by atoms with E-state index in [0.717, 1.165) is 31.0 Å². The van der Waals surface area contributed by atoms with Crippen molar-refractivity contribution in [2.24, 2.45) is 52.8 Å². The minimum Gasteiger partial charge on any atom is -0.377 e. The SMILES string of the molecule is CC(C)/C=C/CC(C)(C)C(C)C.CC(C)/C=C/CCC(C)C.CC(C)/C=C/CCCC(C)C.CC(C)/C=C/COCC(C)C. The normalized spacial score (nSPS) is 12.6. The zero-order chi connectivity index (χ0) is 35.1. The van der Waals surface area contributed by atoms with Gasteiger partial charge in [0, 0.05) is 6.61 Å². The molecule has 0 aromatic carbocycles. The van der Waals surface area contributed by atoms with Crippen molar-refractivity contribution < 1.29 is 4.74 Å². The van der Waals surface area contributed by atoms with Crippen molar-refractivity contribution in [3.05, 3.63) is 48.6 Å². The monoisotopic (exact) mass is 619 g/mol. The van der Waals surface area contributed by atoms with Gasteiger partial charge in [0.15, 0.2) is 0 Å². The first kappa shape index (κ1) is 49.8. The standard InChI is InChI=1S/C12H24.C11H22.C10H20O.C10H20/c1-10(2)8-7-9-12(5,6)11(3)4;1-10(2)8-6-5-7-9-11(3)4;1-9(2)6-5-7-11-8-10(3)4;1-9(2)7-5-6-8-10(3)4/h7-8,10-11H,9H2,1-6H3;6,8,10-11H,5,7,9H2,1-4H3;5-6,9-10H,7-8H2,1-4H3;5,7,9-10H,6,8H2,1-4H3/b8-7+;8-6+;6-5+;7-5+. The fraction of sp³-hybridized carbons (Fsp3) is 0.814. The second-order valence-electron chi connectivity index (χ2n) is 16.3. The molecule has 0 saturated heterocycles. The maximum atomic E-state index is 5.36. The molecule has 0 aliphatic carbocycles. The minimum atomic E-state index is 0.450. The van der Waals surface area contributed by atoms with Gasteiger partial charge in [-0.05, 0) is 84.9 Å². The summed E-state index contributed by atoms with van der Waals surface area (Å²) in [5.41, 5.74) is 0.450. The Labute approximate surface area is 281 Å². The lowest BCUT2D eigenvalue weighted by Gasteiger charge is -2.27. The molecule has 0 aliphatic heterocycles. The lowest BCUT2D eigenvalue weighted by molar-refractivity contribution is 0.134. The van der Waals surface area contributed by atoms with Crippen LogP contribution < -0.4 is 0 Å². The number of hydrogen-bond acceptors (Lipinski definition) is 1. The molecule has 0 aromatic rings. The molecule has 0 unspecified atom stereocenters. The highest BCUT2D eigenvalue weighted by atomic mass is 16.5. The fourth-order valence-electron chi connectivity index (χ4n) is 3.39. The summed E-state index contributed by atoms with van der Waals surface area (Å²) in [7, 11) is 0. The molecule has 0 saturated carbocycles. The third-order valence-corrected chi connectivity index (χ3v) is 7.02. The zero-order valence-corrected chi connectivity index (χ0v) is 33.8. The smallest absolute Gasteiger partial charge is 0.0647 e. The van der Waals surface area contributed by atoms with Crippen LogP contribution in [0.4, 0.5) is 0 Å². The summed E-state index contributed by atoms with van der Waals surface area (Å²) in [6, 6.07) is 0. The Morgan fingerprint density at radius 2 is 0.886 bits per heavy atom. The molecule has 0 atom stereocenters. The van der Waals surface area contributed by atoms with E-state index < -0.39 is 0 Å². The second-order valence-corrected chi connectivity index (χ2v) is 16.3. The number of rotatable bonds is 18. The van der Waals surface area contributed by atoms with E-state index in [0.29, 0.717) is 35.0 Å². The van der Waals surface area contributed by atoms with E-state index in [1.54, 1.807) is 0 Å². The molecule has 1 heteroatoms. The fourth-order valence-corrected chi connectivity index (χ4v) is 3.39. The number of allylic oxidation sites excluding steroid dienone is 7. The van der Waals surface area contributed by atoms with Crippen LogP contribution in [0.2, 0.25) is 0 Å². The van der Waals surface area contributed by atoms with E-state index >= 15 is 0 Å². The maximum Gasteiger partial charge on any atom is 0.0647 e. The van der Waals surface area contributed by atoms with Gasteiger partial charge < -0.3 is 4.74 Å². The van der Waals surface area contributed by atoms with Gasteiger partial charge in [-0.25, -0.2) is 0 Å². The summed E-state index contributed by atoms with van der Waals surface area (Å²) in [6.45, 7) is 41.9. The summed E-state index contributed by atoms with van der Waals surface area (Å²) in [5.74, 6) is 5.86. The molecular weight excluding hydrogens is 532 g/mol. The Bertz CT molecular complexity index is 637. The van der Waals surface area contributed by atoms with Crippen LogP contribution in [-0.2, 0) is 4.74 Å². The molecule has 0 aliphatic rings. The number of unbranched alkanes of at least 4 members (excludes halogenated alkanes) is 1. The van der Waals surface area contributed by atoms with E-state index in [1.807, 2.05) is 0 Å². The third-order valence-electron chi connectivity index (χ3n) is 7.02.